The minimum atomic E-state index is -0.350. The standard InChI is InChI=1S/C14H11N3O2/c1-10(18)19-13-9-17(14-15-7-4-8-16-14)12-6-3-2-5-11(12)13/h2-9H,1H3. The average molecular weight is 253 g/mol. The molecule has 19 heavy (non-hydrogen) atoms. The van der Waals surface area contributed by atoms with Gasteiger partial charge in [0.05, 0.1) is 11.7 Å². The molecule has 0 amide bonds. The quantitative estimate of drug-likeness (QED) is 0.658. The molecule has 0 unspecified atom stereocenters. The van der Waals surface area contributed by atoms with Gasteiger partial charge < -0.3 is 4.74 Å². The molecule has 0 fully saturated rings. The molecule has 0 bridgehead atoms. The first-order valence-corrected chi connectivity index (χ1v) is 5.81. The topological polar surface area (TPSA) is 57.0 Å². The predicted molar refractivity (Wildman–Crippen MR) is 70.2 cm³/mol. The number of esters is 1. The van der Waals surface area contributed by atoms with Gasteiger partial charge in [0.15, 0.2) is 5.75 Å². The van der Waals surface area contributed by atoms with Gasteiger partial charge in [0.1, 0.15) is 0 Å². The van der Waals surface area contributed by atoms with Gasteiger partial charge >= 0.3 is 5.97 Å². The van der Waals surface area contributed by atoms with Crippen molar-refractivity contribution in [3.63, 3.8) is 0 Å². The maximum atomic E-state index is 11.1. The van der Waals surface area contributed by atoms with E-state index in [-0.39, 0.29) is 5.97 Å². The lowest BCUT2D eigenvalue weighted by molar-refractivity contribution is -0.131. The van der Waals surface area contributed by atoms with Crippen LogP contribution in [0, 0.1) is 0 Å². The van der Waals surface area contributed by atoms with Crippen LogP contribution < -0.4 is 4.74 Å². The van der Waals surface area contributed by atoms with Gasteiger partial charge in [0.25, 0.3) is 0 Å². The van der Waals surface area contributed by atoms with Gasteiger partial charge in [-0.05, 0) is 18.2 Å². The van der Waals surface area contributed by atoms with Crippen molar-refractivity contribution in [2.24, 2.45) is 0 Å². The van der Waals surface area contributed by atoms with Gasteiger partial charge in [-0.2, -0.15) is 0 Å². The van der Waals surface area contributed by atoms with E-state index in [9.17, 15) is 4.79 Å². The summed E-state index contributed by atoms with van der Waals surface area (Å²) in [5, 5.41) is 0.852. The highest BCUT2D eigenvalue weighted by atomic mass is 16.5. The van der Waals surface area contributed by atoms with Crippen LogP contribution in [0.1, 0.15) is 6.92 Å². The second-order valence-corrected chi connectivity index (χ2v) is 4.02. The molecule has 0 spiro atoms. The van der Waals surface area contributed by atoms with Crippen molar-refractivity contribution in [3.8, 4) is 11.7 Å². The second-order valence-electron chi connectivity index (χ2n) is 4.02. The third-order valence-electron chi connectivity index (χ3n) is 2.70. The highest BCUT2D eigenvalue weighted by molar-refractivity contribution is 5.90. The first kappa shape index (κ1) is 11.4. The summed E-state index contributed by atoms with van der Waals surface area (Å²) in [5.74, 6) is 0.699. The molecule has 0 saturated heterocycles. The summed E-state index contributed by atoms with van der Waals surface area (Å²) in [5.41, 5.74) is 0.893. The molecule has 0 saturated carbocycles. The van der Waals surface area contributed by atoms with Crippen molar-refractivity contribution >= 4 is 16.9 Å². The minimum Gasteiger partial charge on any atom is -0.424 e. The molecular weight excluding hydrogens is 242 g/mol. The molecular formula is C14H11N3O2. The number of benzene rings is 1. The van der Waals surface area contributed by atoms with Crippen LogP contribution in [0.15, 0.2) is 48.9 Å². The highest BCUT2D eigenvalue weighted by Gasteiger charge is 2.12. The number of ether oxygens (including phenoxy) is 1. The molecule has 2 aromatic heterocycles. The van der Waals surface area contributed by atoms with Gasteiger partial charge in [-0.1, -0.05) is 12.1 Å². The molecule has 0 radical (unpaired) electrons. The van der Waals surface area contributed by atoms with E-state index in [1.165, 1.54) is 6.92 Å². The van der Waals surface area contributed by atoms with Gasteiger partial charge in [-0.3, -0.25) is 9.36 Å². The maximum Gasteiger partial charge on any atom is 0.308 e. The first-order valence-electron chi connectivity index (χ1n) is 5.81. The molecule has 0 atom stereocenters. The molecule has 1 aromatic carbocycles. The number of carbonyl (C=O) groups excluding carboxylic acids is 1. The van der Waals surface area contributed by atoms with Crippen LogP contribution >= 0.6 is 0 Å². The Morgan fingerprint density at radius 2 is 1.89 bits per heavy atom. The number of hydrogen-bond donors (Lipinski definition) is 0. The Labute approximate surface area is 109 Å². The number of rotatable bonds is 2. The fraction of sp³-hybridized carbons (Fsp3) is 0.0714. The molecule has 0 aliphatic rings. The predicted octanol–water partition coefficient (Wildman–Crippen LogP) is 2.35. The fourth-order valence-electron chi connectivity index (χ4n) is 1.97. The summed E-state index contributed by atoms with van der Waals surface area (Å²) in [6.45, 7) is 1.38. The molecule has 0 aliphatic heterocycles. The Morgan fingerprint density at radius 1 is 1.16 bits per heavy atom. The van der Waals surface area contributed by atoms with Gasteiger partial charge in [-0.25, -0.2) is 9.97 Å². The zero-order chi connectivity index (χ0) is 13.2. The SMILES string of the molecule is CC(=O)Oc1cn(-c2ncccn2)c2ccccc12. The summed E-state index contributed by atoms with van der Waals surface area (Å²) >= 11 is 0. The monoisotopic (exact) mass is 253 g/mol. The lowest BCUT2D eigenvalue weighted by Crippen LogP contribution is -2.01. The van der Waals surface area contributed by atoms with E-state index in [2.05, 4.69) is 9.97 Å². The lowest BCUT2D eigenvalue weighted by atomic mass is 10.2. The Balaban J connectivity index is 2.23. The van der Waals surface area contributed by atoms with Crippen LogP contribution in [0.3, 0.4) is 0 Å². The summed E-state index contributed by atoms with van der Waals surface area (Å²) in [4.78, 5) is 19.5. The average Bonchev–Trinajstić information content (AvgIpc) is 2.78. The van der Waals surface area contributed by atoms with Crippen molar-refractivity contribution in [2.75, 3.05) is 0 Å². The summed E-state index contributed by atoms with van der Waals surface area (Å²) in [6.07, 6.45) is 5.06. The maximum absolute atomic E-state index is 11.1. The zero-order valence-corrected chi connectivity index (χ0v) is 10.3. The van der Waals surface area contributed by atoms with Crippen LogP contribution in [-0.4, -0.2) is 20.5 Å². The van der Waals surface area contributed by atoms with E-state index < -0.39 is 0 Å². The van der Waals surface area contributed by atoms with Gasteiger partial charge in [0.2, 0.25) is 5.95 Å². The van der Waals surface area contributed by atoms with Gasteiger partial charge in [0, 0.05) is 24.7 Å². The van der Waals surface area contributed by atoms with Crippen molar-refractivity contribution in [2.45, 2.75) is 6.92 Å². The third-order valence-corrected chi connectivity index (χ3v) is 2.70. The summed E-state index contributed by atoms with van der Waals surface area (Å²) in [6, 6.07) is 9.39. The smallest absolute Gasteiger partial charge is 0.308 e. The van der Waals surface area contributed by atoms with Crippen LogP contribution in [-0.2, 0) is 4.79 Å². The zero-order valence-electron chi connectivity index (χ0n) is 10.3. The van der Waals surface area contributed by atoms with Crippen LogP contribution in [0.5, 0.6) is 5.75 Å². The Bertz CT molecular complexity index is 735. The van der Waals surface area contributed by atoms with E-state index in [1.54, 1.807) is 29.2 Å². The number of para-hydroxylation sites is 1. The van der Waals surface area contributed by atoms with Crippen molar-refractivity contribution in [1.82, 2.24) is 14.5 Å². The second kappa shape index (κ2) is 4.53. The molecule has 0 aliphatic carbocycles. The minimum absolute atomic E-state index is 0.350. The molecule has 2 heterocycles. The Kier molecular flexibility index (Phi) is 2.72. The van der Waals surface area contributed by atoms with Gasteiger partial charge in [-0.15, -0.1) is 0 Å². The Hall–Kier alpha value is -2.69. The molecule has 0 N–H and O–H groups in total. The summed E-state index contributed by atoms with van der Waals surface area (Å²) < 4.78 is 7.01. The van der Waals surface area contributed by atoms with E-state index in [4.69, 9.17) is 4.74 Å². The number of hydrogen-bond acceptors (Lipinski definition) is 4. The third kappa shape index (κ3) is 2.06. The van der Waals surface area contributed by atoms with Crippen LogP contribution in [0.25, 0.3) is 16.9 Å². The van der Waals surface area contributed by atoms with Crippen molar-refractivity contribution < 1.29 is 9.53 Å². The first-order chi connectivity index (χ1) is 9.25. The molecule has 5 nitrogen and oxygen atoms in total. The largest absolute Gasteiger partial charge is 0.424 e. The van der Waals surface area contributed by atoms with E-state index >= 15 is 0 Å². The Morgan fingerprint density at radius 3 is 2.63 bits per heavy atom. The normalized spacial score (nSPS) is 10.6. The van der Waals surface area contributed by atoms with Crippen molar-refractivity contribution in [3.05, 3.63) is 48.9 Å². The van der Waals surface area contributed by atoms with Crippen molar-refractivity contribution in [1.29, 1.82) is 0 Å². The van der Waals surface area contributed by atoms with E-state index in [0.717, 1.165) is 10.9 Å². The van der Waals surface area contributed by atoms with E-state index in [1.807, 2.05) is 24.3 Å². The molecule has 94 valence electrons. The number of aromatic nitrogens is 3. The molecule has 5 heteroatoms. The molecule has 3 aromatic rings. The van der Waals surface area contributed by atoms with Crippen LogP contribution in [0.4, 0.5) is 0 Å². The number of nitrogens with zero attached hydrogens (tertiary/aromatic N) is 3. The van der Waals surface area contributed by atoms with E-state index in [0.29, 0.717) is 11.7 Å². The molecule has 3 rings (SSSR count). The fourth-order valence-corrected chi connectivity index (χ4v) is 1.97. The summed E-state index contributed by atoms with van der Waals surface area (Å²) in [7, 11) is 0. The lowest BCUT2D eigenvalue weighted by Gasteiger charge is -2.00. The number of carbonyl (C=O) groups is 1. The highest BCUT2D eigenvalue weighted by Crippen LogP contribution is 2.29. The number of fused-ring (bicyclic) bond motifs is 1. The van der Waals surface area contributed by atoms with Crippen LogP contribution in [0.2, 0.25) is 0 Å².